The lowest BCUT2D eigenvalue weighted by Gasteiger charge is -2.24. The van der Waals surface area contributed by atoms with Crippen LogP contribution in [0.25, 0.3) is 0 Å². The van der Waals surface area contributed by atoms with Crippen LogP contribution >= 0.6 is 0 Å². The molecule has 1 aliphatic rings. The first-order chi connectivity index (χ1) is 9.76. The SMILES string of the molecule is CCOc1cccc(C(N)C2(c3ccccc3)CC2)c1. The highest BCUT2D eigenvalue weighted by Crippen LogP contribution is 2.55. The number of hydrogen-bond acceptors (Lipinski definition) is 2. The van der Waals surface area contributed by atoms with E-state index in [4.69, 9.17) is 10.5 Å². The van der Waals surface area contributed by atoms with Gasteiger partial charge in [-0.05, 0) is 43.0 Å². The summed E-state index contributed by atoms with van der Waals surface area (Å²) in [6, 6.07) is 18.9. The maximum atomic E-state index is 6.58. The molecule has 0 aliphatic heterocycles. The Kier molecular flexibility index (Phi) is 3.49. The second kappa shape index (κ2) is 5.29. The molecule has 1 saturated carbocycles. The standard InChI is InChI=1S/C18H21NO/c1-2-20-16-10-6-7-14(13-16)17(19)18(11-12-18)15-8-4-3-5-9-15/h3-10,13,17H,2,11-12,19H2,1H3. The summed E-state index contributed by atoms with van der Waals surface area (Å²) in [5, 5.41) is 0. The van der Waals surface area contributed by atoms with Crippen molar-refractivity contribution in [3.05, 3.63) is 65.7 Å². The van der Waals surface area contributed by atoms with E-state index in [0.29, 0.717) is 6.61 Å². The molecule has 1 fully saturated rings. The van der Waals surface area contributed by atoms with Crippen molar-refractivity contribution < 1.29 is 4.74 Å². The van der Waals surface area contributed by atoms with E-state index in [1.54, 1.807) is 0 Å². The van der Waals surface area contributed by atoms with Crippen LogP contribution in [-0.2, 0) is 5.41 Å². The molecule has 3 rings (SSSR count). The maximum absolute atomic E-state index is 6.58. The summed E-state index contributed by atoms with van der Waals surface area (Å²) in [5.41, 5.74) is 9.21. The van der Waals surface area contributed by atoms with Crippen molar-refractivity contribution in [2.75, 3.05) is 6.61 Å². The molecule has 0 aromatic heterocycles. The van der Waals surface area contributed by atoms with Gasteiger partial charge in [0.15, 0.2) is 0 Å². The monoisotopic (exact) mass is 267 g/mol. The quantitative estimate of drug-likeness (QED) is 0.894. The number of benzene rings is 2. The highest BCUT2D eigenvalue weighted by atomic mass is 16.5. The molecular weight excluding hydrogens is 246 g/mol. The van der Waals surface area contributed by atoms with Crippen LogP contribution in [-0.4, -0.2) is 6.61 Å². The molecule has 104 valence electrons. The molecule has 2 nitrogen and oxygen atoms in total. The number of nitrogens with two attached hydrogens (primary N) is 1. The number of rotatable bonds is 5. The minimum Gasteiger partial charge on any atom is -0.494 e. The molecule has 20 heavy (non-hydrogen) atoms. The fourth-order valence-electron chi connectivity index (χ4n) is 2.97. The second-order valence-electron chi connectivity index (χ2n) is 5.51. The summed E-state index contributed by atoms with van der Waals surface area (Å²) < 4.78 is 5.58. The van der Waals surface area contributed by atoms with E-state index in [1.165, 1.54) is 5.56 Å². The van der Waals surface area contributed by atoms with Crippen LogP contribution < -0.4 is 10.5 Å². The van der Waals surface area contributed by atoms with Crippen LogP contribution in [0.2, 0.25) is 0 Å². The van der Waals surface area contributed by atoms with Gasteiger partial charge in [-0.3, -0.25) is 0 Å². The van der Waals surface area contributed by atoms with Crippen LogP contribution in [0.1, 0.15) is 36.9 Å². The molecule has 0 heterocycles. The van der Waals surface area contributed by atoms with Gasteiger partial charge in [-0.2, -0.15) is 0 Å². The van der Waals surface area contributed by atoms with Crippen LogP contribution in [0.5, 0.6) is 5.75 Å². The van der Waals surface area contributed by atoms with E-state index in [1.807, 2.05) is 19.1 Å². The van der Waals surface area contributed by atoms with Crippen LogP contribution in [0.3, 0.4) is 0 Å². The van der Waals surface area contributed by atoms with Gasteiger partial charge in [0.25, 0.3) is 0 Å². The number of ether oxygens (including phenoxy) is 1. The minimum atomic E-state index is 0.0327. The van der Waals surface area contributed by atoms with Gasteiger partial charge in [-0.1, -0.05) is 42.5 Å². The van der Waals surface area contributed by atoms with Gasteiger partial charge in [-0.15, -0.1) is 0 Å². The molecule has 0 amide bonds. The van der Waals surface area contributed by atoms with Crippen LogP contribution in [0.4, 0.5) is 0 Å². The predicted octanol–water partition coefficient (Wildman–Crippen LogP) is 3.82. The smallest absolute Gasteiger partial charge is 0.119 e. The highest BCUT2D eigenvalue weighted by molar-refractivity contribution is 5.40. The highest BCUT2D eigenvalue weighted by Gasteiger charge is 2.49. The third-order valence-electron chi connectivity index (χ3n) is 4.26. The van der Waals surface area contributed by atoms with Gasteiger partial charge >= 0.3 is 0 Å². The molecule has 1 atom stereocenters. The average molecular weight is 267 g/mol. The Bertz CT molecular complexity index is 575. The van der Waals surface area contributed by atoms with Crippen LogP contribution in [0, 0.1) is 0 Å². The Labute approximate surface area is 120 Å². The molecular formula is C18H21NO. The Balaban J connectivity index is 1.89. The Morgan fingerprint density at radius 1 is 1.10 bits per heavy atom. The molecule has 2 heteroatoms. The zero-order valence-electron chi connectivity index (χ0n) is 11.9. The van der Waals surface area contributed by atoms with E-state index < -0.39 is 0 Å². The van der Waals surface area contributed by atoms with E-state index in [9.17, 15) is 0 Å². The van der Waals surface area contributed by atoms with Gasteiger partial charge in [0, 0.05) is 11.5 Å². The third kappa shape index (κ3) is 2.32. The van der Waals surface area contributed by atoms with E-state index in [-0.39, 0.29) is 11.5 Å². The molecule has 0 saturated heterocycles. The molecule has 0 bridgehead atoms. The first-order valence-electron chi connectivity index (χ1n) is 7.30. The molecule has 0 radical (unpaired) electrons. The van der Waals surface area contributed by atoms with E-state index >= 15 is 0 Å². The van der Waals surface area contributed by atoms with E-state index in [0.717, 1.165) is 24.2 Å². The van der Waals surface area contributed by atoms with Crippen molar-refractivity contribution in [1.82, 2.24) is 0 Å². The van der Waals surface area contributed by atoms with Gasteiger partial charge < -0.3 is 10.5 Å². The summed E-state index contributed by atoms with van der Waals surface area (Å²) in [6.45, 7) is 2.68. The zero-order chi connectivity index (χ0) is 14.0. The Morgan fingerprint density at radius 3 is 2.50 bits per heavy atom. The first-order valence-corrected chi connectivity index (χ1v) is 7.30. The lowest BCUT2D eigenvalue weighted by Crippen LogP contribution is -2.26. The maximum Gasteiger partial charge on any atom is 0.119 e. The molecule has 2 aromatic rings. The largest absolute Gasteiger partial charge is 0.494 e. The summed E-state index contributed by atoms with van der Waals surface area (Å²) in [7, 11) is 0. The molecule has 2 aromatic carbocycles. The van der Waals surface area contributed by atoms with Crippen molar-refractivity contribution in [2.24, 2.45) is 5.73 Å². The fourth-order valence-corrected chi connectivity index (χ4v) is 2.97. The zero-order valence-corrected chi connectivity index (χ0v) is 11.9. The van der Waals surface area contributed by atoms with Gasteiger partial charge in [0.05, 0.1) is 6.61 Å². The second-order valence-corrected chi connectivity index (χ2v) is 5.51. The lowest BCUT2D eigenvalue weighted by molar-refractivity contribution is 0.339. The summed E-state index contributed by atoms with van der Waals surface area (Å²) in [5.74, 6) is 0.907. The fraction of sp³-hybridized carbons (Fsp3) is 0.333. The minimum absolute atomic E-state index is 0.0327. The van der Waals surface area contributed by atoms with Crippen molar-refractivity contribution in [2.45, 2.75) is 31.2 Å². The van der Waals surface area contributed by atoms with Crippen molar-refractivity contribution >= 4 is 0 Å². The molecule has 0 spiro atoms. The van der Waals surface area contributed by atoms with Gasteiger partial charge in [-0.25, -0.2) is 0 Å². The van der Waals surface area contributed by atoms with Gasteiger partial charge in [0.2, 0.25) is 0 Å². The first kappa shape index (κ1) is 13.2. The average Bonchev–Trinajstić information content (AvgIpc) is 3.30. The summed E-state index contributed by atoms with van der Waals surface area (Å²) >= 11 is 0. The van der Waals surface area contributed by atoms with Crippen molar-refractivity contribution in [1.29, 1.82) is 0 Å². The van der Waals surface area contributed by atoms with E-state index in [2.05, 4.69) is 42.5 Å². The third-order valence-corrected chi connectivity index (χ3v) is 4.26. The lowest BCUT2D eigenvalue weighted by atomic mass is 9.84. The van der Waals surface area contributed by atoms with Crippen LogP contribution in [0.15, 0.2) is 54.6 Å². The summed E-state index contributed by atoms with van der Waals surface area (Å²) in [6.07, 6.45) is 2.33. The predicted molar refractivity (Wildman–Crippen MR) is 81.9 cm³/mol. The normalized spacial score (nSPS) is 17.5. The Hall–Kier alpha value is -1.80. The number of hydrogen-bond donors (Lipinski definition) is 1. The van der Waals surface area contributed by atoms with Gasteiger partial charge in [0.1, 0.15) is 5.75 Å². The molecule has 2 N–H and O–H groups in total. The Morgan fingerprint density at radius 2 is 1.85 bits per heavy atom. The topological polar surface area (TPSA) is 35.2 Å². The van der Waals surface area contributed by atoms with Crippen molar-refractivity contribution in [3.8, 4) is 5.75 Å². The molecule has 1 unspecified atom stereocenters. The molecule has 1 aliphatic carbocycles. The van der Waals surface area contributed by atoms with Crippen molar-refractivity contribution in [3.63, 3.8) is 0 Å². The summed E-state index contributed by atoms with van der Waals surface area (Å²) in [4.78, 5) is 0.